The Labute approximate surface area is 180 Å². The molecule has 2 N–H and O–H groups in total. The zero-order chi connectivity index (χ0) is 21.0. The maximum Gasteiger partial charge on any atom is 0.238 e. The van der Waals surface area contributed by atoms with Crippen LogP contribution in [0.4, 0.5) is 5.69 Å². The molecule has 0 aliphatic rings. The highest BCUT2D eigenvalue weighted by atomic mass is 35.5. The molecule has 29 heavy (non-hydrogen) atoms. The lowest BCUT2D eigenvalue weighted by molar-refractivity contribution is -0.578. The van der Waals surface area contributed by atoms with Crippen molar-refractivity contribution in [3.63, 3.8) is 0 Å². The van der Waals surface area contributed by atoms with Crippen LogP contribution in [-0.2, 0) is 6.61 Å². The van der Waals surface area contributed by atoms with Crippen LogP contribution in [-0.4, -0.2) is 10.1 Å². The maximum atomic E-state index is 13.3. The third-order valence-corrected chi connectivity index (χ3v) is 5.03. The molecule has 2 aromatic carbocycles. The molecule has 0 saturated heterocycles. The number of aromatic nitrogens is 1. The summed E-state index contributed by atoms with van der Waals surface area (Å²) < 4.78 is 1.64. The van der Waals surface area contributed by atoms with E-state index in [0.717, 1.165) is 16.8 Å². The first-order chi connectivity index (χ1) is 13.9. The lowest BCUT2D eigenvalue weighted by Gasteiger charge is -2.18. The minimum absolute atomic E-state index is 0.138. The predicted octanol–water partition coefficient (Wildman–Crippen LogP) is 3.86. The van der Waals surface area contributed by atoms with Gasteiger partial charge in [-0.05, 0) is 60.6 Å². The van der Waals surface area contributed by atoms with Crippen LogP contribution in [0, 0.1) is 13.8 Å². The standard InChI is InChI=1S/C23H21ClN2O2S/c1-15-5-6-16(2)20(12-15)25-23(29)21(26-11-3-4-17(13-26)14-27)22(28)18-7-9-19(24)10-8-18/h3-13,27H,14H2,1-2H3,(H-,25,28,29). The Morgan fingerprint density at radius 2 is 1.86 bits per heavy atom. The minimum atomic E-state index is -0.246. The molecule has 0 atom stereocenters. The Morgan fingerprint density at radius 3 is 2.55 bits per heavy atom. The third-order valence-electron chi connectivity index (χ3n) is 4.48. The molecule has 0 aliphatic carbocycles. The Hall–Kier alpha value is -2.73. The lowest BCUT2D eigenvalue weighted by atomic mass is 10.1. The van der Waals surface area contributed by atoms with Crippen molar-refractivity contribution < 1.29 is 14.8 Å². The van der Waals surface area contributed by atoms with E-state index in [9.17, 15) is 10.2 Å². The van der Waals surface area contributed by atoms with Gasteiger partial charge in [0.2, 0.25) is 5.70 Å². The van der Waals surface area contributed by atoms with Crippen LogP contribution in [0.3, 0.4) is 0 Å². The van der Waals surface area contributed by atoms with Crippen LogP contribution in [0.25, 0.3) is 11.5 Å². The van der Waals surface area contributed by atoms with Crippen molar-refractivity contribution in [3.05, 3.63) is 94.3 Å². The smallest absolute Gasteiger partial charge is 0.238 e. The van der Waals surface area contributed by atoms with Gasteiger partial charge >= 0.3 is 0 Å². The van der Waals surface area contributed by atoms with E-state index in [0.29, 0.717) is 26.8 Å². The van der Waals surface area contributed by atoms with E-state index in [1.807, 2.05) is 32.0 Å². The molecule has 148 valence electrons. The molecule has 0 fully saturated rings. The predicted molar refractivity (Wildman–Crippen MR) is 119 cm³/mol. The molecular formula is C23H21ClN2O2S. The van der Waals surface area contributed by atoms with E-state index in [1.165, 1.54) is 0 Å². The second kappa shape index (κ2) is 9.18. The van der Waals surface area contributed by atoms with Crippen LogP contribution in [0.5, 0.6) is 0 Å². The van der Waals surface area contributed by atoms with Crippen molar-refractivity contribution >= 4 is 46.0 Å². The summed E-state index contributed by atoms with van der Waals surface area (Å²) in [4.78, 5) is 0.290. The summed E-state index contributed by atoms with van der Waals surface area (Å²) in [7, 11) is 0. The van der Waals surface area contributed by atoms with Crippen molar-refractivity contribution in [1.29, 1.82) is 0 Å². The number of thiocarbonyl (C=S) groups is 1. The van der Waals surface area contributed by atoms with Crippen molar-refractivity contribution in [2.45, 2.75) is 20.5 Å². The Kier molecular flexibility index (Phi) is 6.64. The monoisotopic (exact) mass is 424 g/mol. The highest BCUT2D eigenvalue weighted by Gasteiger charge is 2.20. The molecule has 3 aromatic rings. The van der Waals surface area contributed by atoms with Gasteiger partial charge in [-0.1, -0.05) is 48.1 Å². The number of rotatable bonds is 5. The Bertz CT molecular complexity index is 1080. The molecule has 3 rings (SSSR count). The first kappa shape index (κ1) is 21.0. The number of hydrogen-bond acceptors (Lipinski definition) is 3. The number of aryl methyl sites for hydroxylation is 2. The van der Waals surface area contributed by atoms with Crippen LogP contribution in [0.1, 0.15) is 22.3 Å². The molecule has 0 spiro atoms. The van der Waals surface area contributed by atoms with Crippen LogP contribution < -0.4 is 15.0 Å². The van der Waals surface area contributed by atoms with Crippen LogP contribution in [0.15, 0.2) is 67.0 Å². The average molecular weight is 425 g/mol. The fourth-order valence-corrected chi connectivity index (χ4v) is 3.32. The van der Waals surface area contributed by atoms with Crippen molar-refractivity contribution in [2.24, 2.45) is 0 Å². The lowest BCUT2D eigenvalue weighted by Crippen LogP contribution is -2.40. The molecule has 0 unspecified atom stereocenters. The van der Waals surface area contributed by atoms with Crippen molar-refractivity contribution in [3.8, 4) is 0 Å². The summed E-state index contributed by atoms with van der Waals surface area (Å²) in [6, 6.07) is 16.2. The van der Waals surface area contributed by atoms with Gasteiger partial charge in [0.1, 0.15) is 0 Å². The number of benzene rings is 2. The summed E-state index contributed by atoms with van der Waals surface area (Å²) in [6.45, 7) is 3.83. The minimum Gasteiger partial charge on any atom is -0.867 e. The summed E-state index contributed by atoms with van der Waals surface area (Å²) in [5, 5.41) is 26.6. The number of hydrogen-bond donors (Lipinski definition) is 2. The van der Waals surface area contributed by atoms with Gasteiger partial charge in [-0.3, -0.25) is 0 Å². The zero-order valence-corrected chi connectivity index (χ0v) is 17.7. The molecular weight excluding hydrogens is 404 g/mol. The van der Waals surface area contributed by atoms with E-state index in [4.69, 9.17) is 23.8 Å². The van der Waals surface area contributed by atoms with Gasteiger partial charge in [0.05, 0.1) is 6.61 Å². The molecule has 1 aromatic heterocycles. The van der Waals surface area contributed by atoms with Gasteiger partial charge < -0.3 is 15.5 Å². The average Bonchev–Trinajstić information content (AvgIpc) is 2.71. The van der Waals surface area contributed by atoms with Gasteiger partial charge in [0, 0.05) is 22.3 Å². The first-order valence-corrected chi connectivity index (χ1v) is 9.85. The number of anilines is 1. The van der Waals surface area contributed by atoms with E-state index in [-0.39, 0.29) is 12.4 Å². The summed E-state index contributed by atoms with van der Waals surface area (Å²) in [5.41, 5.74) is 4.38. The van der Waals surface area contributed by atoms with Crippen LogP contribution in [0.2, 0.25) is 5.02 Å². The molecule has 4 nitrogen and oxygen atoms in total. The number of pyridine rings is 1. The molecule has 0 saturated carbocycles. The number of nitrogens with one attached hydrogen (secondary N) is 1. The van der Waals surface area contributed by atoms with Crippen molar-refractivity contribution in [1.82, 2.24) is 0 Å². The Balaban J connectivity index is 2.11. The van der Waals surface area contributed by atoms with Gasteiger partial charge in [0.25, 0.3) is 0 Å². The highest BCUT2D eigenvalue weighted by Crippen LogP contribution is 2.21. The fourth-order valence-electron chi connectivity index (χ4n) is 2.88. The summed E-state index contributed by atoms with van der Waals surface area (Å²) >= 11 is 11.6. The van der Waals surface area contributed by atoms with Crippen molar-refractivity contribution in [2.75, 3.05) is 5.32 Å². The maximum absolute atomic E-state index is 13.3. The molecule has 0 radical (unpaired) electrons. The van der Waals surface area contributed by atoms with E-state index >= 15 is 0 Å². The number of halogens is 1. The molecule has 0 aliphatic heterocycles. The highest BCUT2D eigenvalue weighted by molar-refractivity contribution is 7.81. The summed E-state index contributed by atoms with van der Waals surface area (Å²) in [6.07, 6.45) is 3.43. The number of aliphatic hydroxyl groups is 1. The van der Waals surface area contributed by atoms with Crippen LogP contribution >= 0.6 is 23.8 Å². The van der Waals surface area contributed by atoms with Gasteiger partial charge in [-0.15, -0.1) is 0 Å². The Morgan fingerprint density at radius 1 is 1.14 bits per heavy atom. The van der Waals surface area contributed by atoms with Gasteiger partial charge in [-0.25, -0.2) is 0 Å². The van der Waals surface area contributed by atoms with E-state index in [2.05, 4.69) is 5.32 Å². The normalized spacial score (nSPS) is 11.7. The summed E-state index contributed by atoms with van der Waals surface area (Å²) in [5.74, 6) is -0.246. The SMILES string of the molecule is Cc1ccc(C)c(NC(=S)/C(=C(\[O-])c2ccc(Cl)cc2)[n+]2cccc(CO)c2)c1. The molecule has 1 heterocycles. The largest absolute Gasteiger partial charge is 0.867 e. The quantitative estimate of drug-likeness (QED) is 0.282. The van der Waals surface area contributed by atoms with E-state index in [1.54, 1.807) is 53.4 Å². The topological polar surface area (TPSA) is 59.2 Å². The fraction of sp³-hybridized carbons (Fsp3) is 0.130. The zero-order valence-electron chi connectivity index (χ0n) is 16.1. The molecule has 0 bridgehead atoms. The second-order valence-corrected chi connectivity index (χ2v) is 7.58. The number of nitrogens with zero attached hydrogens (tertiary/aromatic N) is 1. The second-order valence-electron chi connectivity index (χ2n) is 6.73. The van der Waals surface area contributed by atoms with Gasteiger partial charge in [0.15, 0.2) is 17.4 Å². The van der Waals surface area contributed by atoms with E-state index < -0.39 is 0 Å². The third kappa shape index (κ3) is 5.01. The number of aliphatic hydroxyl groups excluding tert-OH is 1. The first-order valence-electron chi connectivity index (χ1n) is 9.06. The van der Waals surface area contributed by atoms with Gasteiger partial charge in [-0.2, -0.15) is 4.57 Å². The molecule has 0 amide bonds. The molecule has 6 heteroatoms.